The molecule has 2 N–H and O–H groups in total. The van der Waals surface area contributed by atoms with E-state index in [0.717, 1.165) is 0 Å². The molecule has 6 heteroatoms. The highest BCUT2D eigenvalue weighted by atomic mass is 19.2. The molecule has 0 aromatic rings. The average molecular weight is 380 g/mol. The second-order valence-corrected chi connectivity index (χ2v) is 9.51. The van der Waals surface area contributed by atoms with Crippen molar-refractivity contribution in [1.29, 1.82) is 0 Å². The van der Waals surface area contributed by atoms with Gasteiger partial charge < -0.3 is 10.2 Å². The van der Waals surface area contributed by atoms with Gasteiger partial charge in [-0.3, -0.25) is 9.59 Å². The van der Waals surface area contributed by atoms with Gasteiger partial charge in [-0.25, -0.2) is 4.39 Å². The summed E-state index contributed by atoms with van der Waals surface area (Å²) in [6.07, 6.45) is 2.35. The van der Waals surface area contributed by atoms with Gasteiger partial charge in [-0.15, -0.1) is 0 Å². The van der Waals surface area contributed by atoms with E-state index in [0.29, 0.717) is 24.8 Å². The van der Waals surface area contributed by atoms with Crippen LogP contribution in [0.3, 0.4) is 0 Å². The zero-order valence-corrected chi connectivity index (χ0v) is 15.8. The van der Waals surface area contributed by atoms with E-state index in [2.05, 4.69) is 0 Å². The van der Waals surface area contributed by atoms with Crippen molar-refractivity contribution in [1.82, 2.24) is 0 Å². The molecule has 4 nitrogen and oxygen atoms in total. The molecule has 148 valence electrons. The molecule has 0 bridgehead atoms. The average Bonchev–Trinajstić information content (AvgIpc) is 2.84. The summed E-state index contributed by atoms with van der Waals surface area (Å²) in [5, 5.41) is 20.8. The Morgan fingerprint density at radius 3 is 2.59 bits per heavy atom. The number of ketones is 1. The van der Waals surface area contributed by atoms with Crippen molar-refractivity contribution >= 4 is 11.8 Å². The Kier molecular flexibility index (Phi) is 3.98. The molecular formula is C21H26F2O4. The van der Waals surface area contributed by atoms with E-state index in [4.69, 9.17) is 0 Å². The van der Waals surface area contributed by atoms with Crippen LogP contribution in [0.15, 0.2) is 23.3 Å². The lowest BCUT2D eigenvalue weighted by Crippen LogP contribution is -2.57. The fourth-order valence-corrected chi connectivity index (χ4v) is 7.32. The molecule has 0 saturated heterocycles. The number of aliphatic carboxylic acids is 1. The van der Waals surface area contributed by atoms with Gasteiger partial charge in [-0.05, 0) is 61.9 Å². The van der Waals surface area contributed by atoms with Crippen molar-refractivity contribution in [3.63, 3.8) is 0 Å². The van der Waals surface area contributed by atoms with Gasteiger partial charge >= 0.3 is 5.97 Å². The summed E-state index contributed by atoms with van der Waals surface area (Å²) in [6, 6.07) is 0. The molecule has 0 amide bonds. The molecule has 0 radical (unpaired) electrons. The molecule has 3 fully saturated rings. The molecule has 4 aliphatic rings. The molecule has 4 rings (SSSR count). The monoisotopic (exact) mass is 380 g/mol. The molecule has 0 spiro atoms. The minimum absolute atomic E-state index is 0.0294. The van der Waals surface area contributed by atoms with E-state index in [1.165, 1.54) is 6.08 Å². The highest BCUT2D eigenvalue weighted by molar-refractivity contribution is 6.04. The Bertz CT molecular complexity index is 787. The zero-order valence-electron chi connectivity index (χ0n) is 15.8. The van der Waals surface area contributed by atoms with Crippen LogP contribution in [0.1, 0.15) is 46.5 Å². The number of hydrogen-bond acceptors (Lipinski definition) is 3. The largest absolute Gasteiger partial charge is 0.481 e. The van der Waals surface area contributed by atoms with Gasteiger partial charge in [0, 0.05) is 11.3 Å². The van der Waals surface area contributed by atoms with E-state index in [-0.39, 0.29) is 24.2 Å². The van der Waals surface area contributed by atoms with Crippen molar-refractivity contribution in [2.24, 2.45) is 40.4 Å². The molecule has 8 atom stereocenters. The molecule has 3 saturated carbocycles. The third kappa shape index (κ3) is 2.22. The summed E-state index contributed by atoms with van der Waals surface area (Å²) in [6.45, 7) is 5.46. The maximum Gasteiger partial charge on any atom is 0.307 e. The number of carbonyl (C=O) groups is 2. The van der Waals surface area contributed by atoms with Crippen molar-refractivity contribution in [2.75, 3.05) is 0 Å². The van der Waals surface area contributed by atoms with Crippen LogP contribution in [0.2, 0.25) is 0 Å². The van der Waals surface area contributed by atoms with Crippen LogP contribution in [-0.4, -0.2) is 28.1 Å². The van der Waals surface area contributed by atoms with Gasteiger partial charge in [0.05, 0.1) is 12.0 Å². The number of carboxylic acids is 1. The standard InChI is InChI=1S/C21H26F2O4/c1-9-6-12-11-5-4-10-7-13(24)17(22)18(23)21(10,3)16(11)14(25)8-20(12,2)15(9)19(26)27/h7,9,11-12,14-16,25H,4-6,8H2,1-3H3,(H,26,27)/t9?,11-,12-,14?,15?,16+,20-,21-/m0/s1. The molecule has 0 heterocycles. The van der Waals surface area contributed by atoms with Crippen LogP contribution in [0.25, 0.3) is 0 Å². The highest BCUT2D eigenvalue weighted by Crippen LogP contribution is 2.68. The number of fused-ring (bicyclic) bond motifs is 5. The van der Waals surface area contributed by atoms with Crippen LogP contribution in [-0.2, 0) is 9.59 Å². The Balaban J connectivity index is 1.81. The van der Waals surface area contributed by atoms with E-state index in [1.54, 1.807) is 6.92 Å². The van der Waals surface area contributed by atoms with Crippen molar-refractivity contribution in [2.45, 2.75) is 52.6 Å². The number of hydrogen-bond donors (Lipinski definition) is 2. The van der Waals surface area contributed by atoms with Crippen LogP contribution in [0.4, 0.5) is 8.78 Å². The van der Waals surface area contributed by atoms with Gasteiger partial charge in [0.25, 0.3) is 0 Å². The van der Waals surface area contributed by atoms with Gasteiger partial charge in [0.2, 0.25) is 11.6 Å². The van der Waals surface area contributed by atoms with Gasteiger partial charge in [0.1, 0.15) is 5.83 Å². The Hall–Kier alpha value is -1.56. The van der Waals surface area contributed by atoms with E-state index in [1.807, 2.05) is 13.8 Å². The molecule has 3 unspecified atom stereocenters. The smallest absolute Gasteiger partial charge is 0.307 e. The maximum atomic E-state index is 15.1. The quantitative estimate of drug-likeness (QED) is 0.726. The zero-order chi connectivity index (χ0) is 19.9. The first-order chi connectivity index (χ1) is 12.5. The maximum absolute atomic E-state index is 15.1. The van der Waals surface area contributed by atoms with Gasteiger partial charge in [-0.2, -0.15) is 4.39 Å². The lowest BCUT2D eigenvalue weighted by Gasteiger charge is -2.58. The second-order valence-electron chi connectivity index (χ2n) is 9.51. The van der Waals surface area contributed by atoms with Gasteiger partial charge in [-0.1, -0.05) is 19.4 Å². The first-order valence-electron chi connectivity index (χ1n) is 9.75. The minimum Gasteiger partial charge on any atom is -0.481 e. The number of allylic oxidation sites excluding steroid dienone is 4. The number of halogens is 2. The molecule has 27 heavy (non-hydrogen) atoms. The minimum atomic E-state index is -1.36. The van der Waals surface area contributed by atoms with Crippen molar-refractivity contribution in [3.8, 4) is 0 Å². The van der Waals surface area contributed by atoms with Gasteiger partial charge in [0.15, 0.2) is 0 Å². The molecule has 0 aliphatic heterocycles. The lowest BCUT2D eigenvalue weighted by atomic mass is 9.46. The summed E-state index contributed by atoms with van der Waals surface area (Å²) < 4.78 is 29.2. The normalized spacial score (nSPS) is 49.3. The Morgan fingerprint density at radius 2 is 1.96 bits per heavy atom. The number of aliphatic hydroxyl groups is 1. The summed E-state index contributed by atoms with van der Waals surface area (Å²) in [5.41, 5.74) is -1.34. The third-order valence-electron chi connectivity index (χ3n) is 8.31. The summed E-state index contributed by atoms with van der Waals surface area (Å²) in [7, 11) is 0. The first-order valence-corrected chi connectivity index (χ1v) is 9.75. The van der Waals surface area contributed by atoms with Crippen LogP contribution < -0.4 is 0 Å². The summed E-state index contributed by atoms with van der Waals surface area (Å²) in [5.74, 6) is -5.39. The predicted molar refractivity (Wildman–Crippen MR) is 93.8 cm³/mol. The SMILES string of the molecule is CC1C[C@H]2[C@@H]3CCC4=CC(=O)C(F)=C(F)[C@]4(C)[C@H]3C(O)C[C@]2(C)C1C(=O)O. The lowest BCUT2D eigenvalue weighted by molar-refractivity contribution is -0.157. The fraction of sp³-hybridized carbons (Fsp3) is 0.714. The van der Waals surface area contributed by atoms with Crippen LogP contribution >= 0.6 is 0 Å². The molecular weight excluding hydrogens is 354 g/mol. The van der Waals surface area contributed by atoms with E-state index >= 15 is 4.39 Å². The van der Waals surface area contributed by atoms with E-state index < -0.39 is 52.2 Å². The number of carboxylic acid groups (broad SMARTS) is 1. The van der Waals surface area contributed by atoms with E-state index in [9.17, 15) is 24.2 Å². The number of aliphatic hydroxyl groups excluding tert-OH is 1. The highest BCUT2D eigenvalue weighted by Gasteiger charge is 2.66. The van der Waals surface area contributed by atoms with Crippen LogP contribution in [0, 0.1) is 40.4 Å². The number of rotatable bonds is 1. The van der Waals surface area contributed by atoms with Crippen molar-refractivity contribution in [3.05, 3.63) is 23.3 Å². The van der Waals surface area contributed by atoms with Crippen LogP contribution in [0.5, 0.6) is 0 Å². The Morgan fingerprint density at radius 1 is 1.30 bits per heavy atom. The molecule has 4 aliphatic carbocycles. The third-order valence-corrected chi connectivity index (χ3v) is 8.31. The topological polar surface area (TPSA) is 74.6 Å². The summed E-state index contributed by atoms with van der Waals surface area (Å²) >= 11 is 0. The predicted octanol–water partition coefficient (Wildman–Crippen LogP) is 3.81. The Labute approximate surface area is 157 Å². The van der Waals surface area contributed by atoms with Crippen molar-refractivity contribution < 1.29 is 28.6 Å². The molecule has 0 aromatic carbocycles. The molecule has 0 aromatic heterocycles. The fourth-order valence-electron chi connectivity index (χ4n) is 7.32. The second kappa shape index (κ2) is 5.72. The number of carbonyl (C=O) groups excluding carboxylic acids is 1. The first kappa shape index (κ1) is 18.8. The summed E-state index contributed by atoms with van der Waals surface area (Å²) in [4.78, 5) is 23.7.